The van der Waals surface area contributed by atoms with Gasteiger partial charge in [0.2, 0.25) is 0 Å². The van der Waals surface area contributed by atoms with E-state index in [-0.39, 0.29) is 18.1 Å². The molecule has 2 N–H and O–H groups in total. The van der Waals surface area contributed by atoms with Crippen LogP contribution in [0, 0.1) is 5.92 Å². The van der Waals surface area contributed by atoms with E-state index in [1.165, 1.54) is 17.4 Å². The predicted molar refractivity (Wildman–Crippen MR) is 189 cm³/mol. The number of nitrogens with zero attached hydrogens (tertiary/aromatic N) is 7. The average Bonchev–Trinajstić information content (AvgIpc) is 3.47. The van der Waals surface area contributed by atoms with E-state index in [4.69, 9.17) is 9.72 Å². The first kappa shape index (κ1) is 32.0. The summed E-state index contributed by atoms with van der Waals surface area (Å²) < 4.78 is 6.96. The third-order valence-electron chi connectivity index (χ3n) is 11.3. The Hall–Kier alpha value is -4.26. The largest absolute Gasteiger partial charge is 0.392 e. The van der Waals surface area contributed by atoms with Gasteiger partial charge in [0, 0.05) is 74.9 Å². The summed E-state index contributed by atoms with van der Waals surface area (Å²) in [5.74, 6) is 1.40. The molecule has 12 nitrogen and oxygen atoms in total. The monoisotopic (exact) mass is 666 g/mol. The molecular weight excluding hydrogens is 620 g/mol. The van der Waals surface area contributed by atoms with Crippen molar-refractivity contribution < 1.29 is 14.6 Å². The normalized spacial score (nSPS) is 25.9. The number of rotatable bonds is 7. The zero-order valence-electron chi connectivity index (χ0n) is 28.6. The number of ether oxygens (including phenoxy) is 1. The molecule has 3 saturated heterocycles. The Morgan fingerprint density at radius 3 is 2.59 bits per heavy atom. The molecule has 8 rings (SSSR count). The Morgan fingerprint density at radius 1 is 1.00 bits per heavy atom. The van der Waals surface area contributed by atoms with Crippen molar-refractivity contribution >= 4 is 28.9 Å². The van der Waals surface area contributed by atoms with Gasteiger partial charge in [-0.15, -0.1) is 0 Å². The number of hydrogen-bond acceptors (Lipinski definition) is 10. The summed E-state index contributed by atoms with van der Waals surface area (Å²) in [6, 6.07) is 9.27. The molecule has 5 aliphatic rings. The lowest BCUT2D eigenvalue weighted by atomic mass is 9.86. The van der Waals surface area contributed by atoms with E-state index >= 15 is 0 Å². The summed E-state index contributed by atoms with van der Waals surface area (Å²) in [4.78, 5) is 45.4. The zero-order valence-corrected chi connectivity index (χ0v) is 28.6. The average molecular weight is 667 g/mol. The fourth-order valence-electron chi connectivity index (χ4n) is 8.62. The van der Waals surface area contributed by atoms with Crippen molar-refractivity contribution in [3.05, 3.63) is 70.5 Å². The zero-order chi connectivity index (χ0) is 33.8. The van der Waals surface area contributed by atoms with Gasteiger partial charge in [0.05, 0.1) is 43.4 Å². The number of piperazine rings is 2. The Morgan fingerprint density at radius 2 is 1.84 bits per heavy atom. The molecule has 2 unspecified atom stereocenters. The Bertz CT molecular complexity index is 1820. The van der Waals surface area contributed by atoms with Crippen LogP contribution in [0.1, 0.15) is 45.1 Å². The van der Waals surface area contributed by atoms with Crippen LogP contribution in [0.5, 0.6) is 0 Å². The molecule has 12 heteroatoms. The Balaban J connectivity index is 1.03. The lowest BCUT2D eigenvalue weighted by Crippen LogP contribution is -2.63. The maximum Gasteiger partial charge on any atom is 0.275 e. The van der Waals surface area contributed by atoms with E-state index in [1.54, 1.807) is 30.4 Å². The van der Waals surface area contributed by atoms with Gasteiger partial charge in [-0.05, 0) is 62.4 Å². The molecule has 3 aromatic heterocycles. The minimum absolute atomic E-state index is 0.0592. The molecule has 1 amide bonds. The molecule has 49 heavy (non-hydrogen) atoms. The number of carbonyl (C=O) groups is 1. The van der Waals surface area contributed by atoms with E-state index in [0.717, 1.165) is 68.2 Å². The lowest BCUT2D eigenvalue weighted by Gasteiger charge is -2.50. The lowest BCUT2D eigenvalue weighted by molar-refractivity contribution is -0.118. The Labute approximate surface area is 287 Å². The van der Waals surface area contributed by atoms with Gasteiger partial charge < -0.3 is 29.5 Å². The molecule has 4 fully saturated rings. The van der Waals surface area contributed by atoms with Crippen LogP contribution in [0.3, 0.4) is 0 Å². The predicted octanol–water partition coefficient (Wildman–Crippen LogP) is 3.48. The second-order valence-corrected chi connectivity index (χ2v) is 14.4. The van der Waals surface area contributed by atoms with Crippen molar-refractivity contribution in [3.63, 3.8) is 0 Å². The Kier molecular flexibility index (Phi) is 8.41. The molecule has 7 heterocycles. The molecule has 3 aromatic rings. The van der Waals surface area contributed by atoms with Crippen LogP contribution >= 0.6 is 0 Å². The van der Waals surface area contributed by atoms with E-state index in [0.29, 0.717) is 59.5 Å². The molecule has 0 spiro atoms. The van der Waals surface area contributed by atoms with Crippen molar-refractivity contribution in [2.24, 2.45) is 13.0 Å². The van der Waals surface area contributed by atoms with Gasteiger partial charge in [0.25, 0.3) is 11.5 Å². The van der Waals surface area contributed by atoms with Crippen LogP contribution in [0.15, 0.2) is 59.4 Å². The quantitative estimate of drug-likeness (QED) is 0.388. The van der Waals surface area contributed by atoms with Crippen LogP contribution in [0.2, 0.25) is 0 Å². The number of aryl methyl sites for hydroxylation is 1. The number of carbonyl (C=O) groups excluding carboxylic acids is 1. The SMILES string of the molecule is C[C@@H]1CN(c2ccc(Nc3cc(-c4ccnc(N5CCN6C(=CC7CCCCC76)C5=O)c4CO)cn(C)c3=O)nc2)[C@@H](C)CN1C1COC1. The van der Waals surface area contributed by atoms with E-state index in [9.17, 15) is 14.7 Å². The summed E-state index contributed by atoms with van der Waals surface area (Å²) in [5.41, 5.74) is 3.98. The summed E-state index contributed by atoms with van der Waals surface area (Å²) >= 11 is 0. The summed E-state index contributed by atoms with van der Waals surface area (Å²) in [5, 5.41) is 13.9. The first-order valence-corrected chi connectivity index (χ1v) is 17.7. The molecule has 1 aliphatic carbocycles. The number of pyridine rings is 3. The van der Waals surface area contributed by atoms with Crippen LogP contribution < -0.4 is 20.7 Å². The van der Waals surface area contributed by atoms with E-state index in [1.807, 2.05) is 18.3 Å². The number of hydrogen-bond donors (Lipinski definition) is 2. The number of amides is 1. The van der Waals surface area contributed by atoms with Gasteiger partial charge in [0.15, 0.2) is 0 Å². The molecule has 1 saturated carbocycles. The van der Waals surface area contributed by atoms with Crippen LogP contribution in [0.25, 0.3) is 11.1 Å². The second kappa shape index (κ2) is 12.9. The van der Waals surface area contributed by atoms with Crippen LogP contribution in [0.4, 0.5) is 23.0 Å². The maximum absolute atomic E-state index is 13.9. The van der Waals surface area contributed by atoms with Crippen molar-refractivity contribution in [2.75, 3.05) is 54.5 Å². The molecule has 4 atom stereocenters. The van der Waals surface area contributed by atoms with Gasteiger partial charge in [-0.2, -0.15) is 0 Å². The number of nitrogens with one attached hydrogen (secondary N) is 1. The fourth-order valence-corrected chi connectivity index (χ4v) is 8.62. The van der Waals surface area contributed by atoms with E-state index < -0.39 is 0 Å². The summed E-state index contributed by atoms with van der Waals surface area (Å²) in [6.45, 7) is 9.01. The standard InChI is InChI=1S/C37H46N8O4/c1-23-18-45(28-21-49-22-28)24(2)17-44(23)27-8-9-34(39-16-27)40-31-14-26(19-41(3)36(31)47)29-10-11-38-35(30(29)20-46)43-13-12-42-32-7-5-4-6-25(32)15-33(42)37(43)48/h8-11,14-16,19,23-25,28,32,46H,4-7,12-13,17-18,20-22H2,1-3H3,(H,39,40)/t23-,24+,25?,32?/m0/s1. The van der Waals surface area contributed by atoms with Gasteiger partial charge in [-0.1, -0.05) is 18.9 Å². The summed E-state index contributed by atoms with van der Waals surface area (Å²) in [7, 11) is 1.71. The first-order valence-electron chi connectivity index (χ1n) is 17.7. The van der Waals surface area contributed by atoms with Gasteiger partial charge in [-0.25, -0.2) is 9.97 Å². The number of aromatic nitrogens is 3. The van der Waals surface area contributed by atoms with Crippen molar-refractivity contribution in [1.82, 2.24) is 24.3 Å². The smallest absolute Gasteiger partial charge is 0.275 e. The highest BCUT2D eigenvalue weighted by Crippen LogP contribution is 2.41. The molecule has 258 valence electrons. The van der Waals surface area contributed by atoms with E-state index in [2.05, 4.69) is 51.0 Å². The third-order valence-corrected chi connectivity index (χ3v) is 11.3. The highest BCUT2D eigenvalue weighted by atomic mass is 16.5. The topological polar surface area (TPSA) is 119 Å². The maximum atomic E-state index is 13.9. The minimum atomic E-state index is -0.301. The second-order valence-electron chi connectivity index (χ2n) is 14.4. The highest BCUT2D eigenvalue weighted by molar-refractivity contribution is 6.06. The van der Waals surface area contributed by atoms with Crippen molar-refractivity contribution in [1.29, 1.82) is 0 Å². The minimum Gasteiger partial charge on any atom is -0.392 e. The van der Waals surface area contributed by atoms with Crippen molar-refractivity contribution in [3.8, 4) is 11.1 Å². The number of aliphatic hydroxyl groups is 1. The number of fused-ring (bicyclic) bond motifs is 3. The molecule has 0 radical (unpaired) electrons. The first-order chi connectivity index (χ1) is 23.8. The van der Waals surface area contributed by atoms with Gasteiger partial charge in [0.1, 0.15) is 17.3 Å². The molecular formula is C37H46N8O4. The fraction of sp³-hybridized carbons (Fsp3) is 0.514. The van der Waals surface area contributed by atoms with Crippen molar-refractivity contribution in [2.45, 2.75) is 70.3 Å². The number of anilines is 4. The molecule has 0 aromatic carbocycles. The molecule has 4 aliphatic heterocycles. The van der Waals surface area contributed by atoms with Gasteiger partial charge >= 0.3 is 0 Å². The third kappa shape index (κ3) is 5.69. The highest BCUT2D eigenvalue weighted by Gasteiger charge is 2.43. The number of aliphatic hydroxyl groups excluding tert-OH is 1. The van der Waals surface area contributed by atoms with Crippen LogP contribution in [-0.2, 0) is 23.2 Å². The molecule has 0 bridgehead atoms. The van der Waals surface area contributed by atoms with Crippen LogP contribution in [-0.4, -0.2) is 98.9 Å². The van der Waals surface area contributed by atoms with Gasteiger partial charge in [-0.3, -0.25) is 19.4 Å². The summed E-state index contributed by atoms with van der Waals surface area (Å²) in [6.07, 6.45) is 12.1.